The predicted octanol–water partition coefficient (Wildman–Crippen LogP) is 7.14. The number of carbonyl (C=O) groups is 1. The van der Waals surface area contributed by atoms with Crippen LogP contribution >= 0.6 is 0 Å². The average molecular weight is 437 g/mol. The summed E-state index contributed by atoms with van der Waals surface area (Å²) in [5.74, 6) is 1.02. The number of anilines is 2. The van der Waals surface area contributed by atoms with Crippen LogP contribution in [0, 0.1) is 0 Å². The van der Waals surface area contributed by atoms with Gasteiger partial charge in [0, 0.05) is 24.5 Å². The van der Waals surface area contributed by atoms with Gasteiger partial charge < -0.3 is 9.64 Å². The maximum absolute atomic E-state index is 12.4. The largest absolute Gasteiger partial charge is 0.417 e. The first-order valence-corrected chi connectivity index (χ1v) is 11.5. The normalized spacial score (nSPS) is 12.8. The highest BCUT2D eigenvalue weighted by Crippen LogP contribution is 2.33. The summed E-state index contributed by atoms with van der Waals surface area (Å²) in [4.78, 5) is 14.8. The van der Waals surface area contributed by atoms with Crippen molar-refractivity contribution < 1.29 is 9.53 Å². The molecule has 5 rings (SSSR count). The van der Waals surface area contributed by atoms with Crippen LogP contribution in [0.4, 0.5) is 16.2 Å². The molecule has 1 amide bonds. The minimum absolute atomic E-state index is 0.456. The number of hydrogen-bond donors (Lipinski definition) is 1. The molecule has 0 radical (unpaired) electrons. The van der Waals surface area contributed by atoms with Crippen LogP contribution in [0.15, 0.2) is 84.9 Å². The van der Waals surface area contributed by atoms with E-state index in [1.54, 1.807) is 0 Å². The van der Waals surface area contributed by atoms with Crippen LogP contribution < -0.4 is 15.0 Å². The van der Waals surface area contributed by atoms with Gasteiger partial charge in [-0.05, 0) is 70.1 Å². The molecular weight excluding hydrogens is 408 g/mol. The van der Waals surface area contributed by atoms with Crippen molar-refractivity contribution in [2.45, 2.75) is 32.7 Å². The van der Waals surface area contributed by atoms with E-state index < -0.39 is 6.09 Å². The van der Waals surface area contributed by atoms with Gasteiger partial charge in [0.2, 0.25) is 0 Å². The number of fused-ring (bicyclic) bond motifs is 2. The summed E-state index contributed by atoms with van der Waals surface area (Å²) in [6.45, 7) is 6.11. The summed E-state index contributed by atoms with van der Waals surface area (Å²) in [6.07, 6.45) is 0.466. The fraction of sp³-hybridized carbons (Fsp3) is 0.207. The van der Waals surface area contributed by atoms with Crippen LogP contribution in [0.25, 0.3) is 10.8 Å². The summed E-state index contributed by atoms with van der Waals surface area (Å²) in [5, 5.41) is 5.38. The molecule has 0 saturated carbocycles. The third-order valence-corrected chi connectivity index (χ3v) is 6.32. The molecule has 0 spiro atoms. The van der Waals surface area contributed by atoms with Crippen molar-refractivity contribution in [3.05, 3.63) is 102 Å². The maximum Gasteiger partial charge on any atom is 0.417 e. The van der Waals surface area contributed by atoms with E-state index in [4.69, 9.17) is 4.74 Å². The molecule has 1 aliphatic heterocycles. The molecule has 0 fully saturated rings. The van der Waals surface area contributed by atoms with E-state index in [9.17, 15) is 4.79 Å². The number of nitrogens with one attached hydrogen (secondary N) is 1. The summed E-state index contributed by atoms with van der Waals surface area (Å²) >= 11 is 0. The second-order valence-corrected chi connectivity index (χ2v) is 8.89. The molecule has 0 atom stereocenters. The van der Waals surface area contributed by atoms with E-state index >= 15 is 0 Å². The first kappa shape index (κ1) is 21.1. The zero-order valence-corrected chi connectivity index (χ0v) is 19.0. The van der Waals surface area contributed by atoms with Gasteiger partial charge in [-0.3, -0.25) is 5.32 Å². The Balaban J connectivity index is 1.26. The minimum Gasteiger partial charge on any atom is -0.410 e. The maximum atomic E-state index is 12.4. The van der Waals surface area contributed by atoms with Crippen LogP contribution in [0.5, 0.6) is 5.75 Å². The van der Waals surface area contributed by atoms with Crippen molar-refractivity contribution in [3.63, 3.8) is 0 Å². The summed E-state index contributed by atoms with van der Waals surface area (Å²) in [6, 6.07) is 28.8. The van der Waals surface area contributed by atoms with Crippen molar-refractivity contribution in [1.29, 1.82) is 0 Å². The third kappa shape index (κ3) is 4.56. The fourth-order valence-electron chi connectivity index (χ4n) is 4.51. The lowest BCUT2D eigenvalue weighted by Gasteiger charge is -2.21. The number of ether oxygens (including phenoxy) is 1. The number of carbonyl (C=O) groups excluding carboxylic acids is 1. The second-order valence-electron chi connectivity index (χ2n) is 8.89. The monoisotopic (exact) mass is 436 g/mol. The molecule has 4 aromatic rings. The van der Waals surface area contributed by atoms with E-state index in [1.165, 1.54) is 33.2 Å². The van der Waals surface area contributed by atoms with Crippen molar-refractivity contribution >= 4 is 28.2 Å². The topological polar surface area (TPSA) is 41.6 Å². The van der Waals surface area contributed by atoms with Crippen LogP contribution in [0.2, 0.25) is 0 Å². The molecule has 4 nitrogen and oxygen atoms in total. The van der Waals surface area contributed by atoms with Gasteiger partial charge in [0.1, 0.15) is 5.75 Å². The Morgan fingerprint density at radius 2 is 1.76 bits per heavy atom. The quantitative estimate of drug-likeness (QED) is 0.362. The molecule has 0 saturated heterocycles. The molecule has 1 N–H and O–H groups in total. The molecular formula is C29H28N2O2. The van der Waals surface area contributed by atoms with E-state index in [-0.39, 0.29) is 0 Å². The molecule has 1 aliphatic rings. The first-order chi connectivity index (χ1) is 16.1. The highest BCUT2D eigenvalue weighted by Gasteiger charge is 2.21. The lowest BCUT2D eigenvalue weighted by atomic mass is 10.0. The SMILES string of the molecule is CC(C)c1ccc(NC(=O)Oc2ccc3c(c2)CCN3Cc2cccc3ccccc23)cc1. The van der Waals surface area contributed by atoms with Gasteiger partial charge in [0.15, 0.2) is 0 Å². The van der Waals surface area contributed by atoms with Gasteiger partial charge in [0.25, 0.3) is 0 Å². The Labute approximate surface area is 194 Å². The lowest BCUT2D eigenvalue weighted by molar-refractivity contribution is 0.215. The van der Waals surface area contributed by atoms with E-state index in [0.717, 1.165) is 25.2 Å². The molecule has 0 aliphatic carbocycles. The molecule has 0 aromatic heterocycles. The number of hydrogen-bond acceptors (Lipinski definition) is 3. The van der Waals surface area contributed by atoms with Gasteiger partial charge in [0.05, 0.1) is 0 Å². The Morgan fingerprint density at radius 3 is 2.58 bits per heavy atom. The second kappa shape index (κ2) is 8.99. The first-order valence-electron chi connectivity index (χ1n) is 11.5. The highest BCUT2D eigenvalue weighted by atomic mass is 16.6. The van der Waals surface area contributed by atoms with Gasteiger partial charge in [-0.15, -0.1) is 0 Å². The number of nitrogens with zero attached hydrogens (tertiary/aromatic N) is 1. The number of benzene rings is 4. The highest BCUT2D eigenvalue weighted by molar-refractivity contribution is 5.87. The molecule has 4 heteroatoms. The van der Waals surface area contributed by atoms with Crippen molar-refractivity contribution in [1.82, 2.24) is 0 Å². The van der Waals surface area contributed by atoms with Gasteiger partial charge in [-0.2, -0.15) is 0 Å². The Bertz CT molecular complexity index is 1290. The Morgan fingerprint density at radius 1 is 0.970 bits per heavy atom. The molecule has 0 bridgehead atoms. The Hall–Kier alpha value is -3.79. The van der Waals surface area contributed by atoms with Gasteiger partial charge in [-0.25, -0.2) is 4.79 Å². The van der Waals surface area contributed by atoms with Crippen molar-refractivity contribution in [2.24, 2.45) is 0 Å². The van der Waals surface area contributed by atoms with E-state index in [2.05, 4.69) is 72.6 Å². The smallest absolute Gasteiger partial charge is 0.410 e. The van der Waals surface area contributed by atoms with Crippen LogP contribution in [-0.4, -0.2) is 12.6 Å². The van der Waals surface area contributed by atoms with Crippen LogP contribution in [0.1, 0.15) is 36.5 Å². The van der Waals surface area contributed by atoms with Crippen LogP contribution in [0.3, 0.4) is 0 Å². The summed E-state index contributed by atoms with van der Waals surface area (Å²) < 4.78 is 5.56. The lowest BCUT2D eigenvalue weighted by Crippen LogP contribution is -2.19. The third-order valence-electron chi connectivity index (χ3n) is 6.32. The van der Waals surface area contributed by atoms with Gasteiger partial charge >= 0.3 is 6.09 Å². The zero-order chi connectivity index (χ0) is 22.8. The van der Waals surface area contributed by atoms with E-state index in [1.807, 2.05) is 36.4 Å². The minimum atomic E-state index is -0.474. The zero-order valence-electron chi connectivity index (χ0n) is 19.0. The van der Waals surface area contributed by atoms with Gasteiger partial charge in [-0.1, -0.05) is 68.4 Å². The Kier molecular flexibility index (Phi) is 5.74. The average Bonchev–Trinajstić information content (AvgIpc) is 3.21. The molecule has 4 aromatic carbocycles. The van der Waals surface area contributed by atoms with Crippen molar-refractivity contribution in [3.8, 4) is 5.75 Å². The van der Waals surface area contributed by atoms with Crippen LogP contribution in [-0.2, 0) is 13.0 Å². The molecule has 1 heterocycles. The summed E-state index contributed by atoms with van der Waals surface area (Å²) in [5.41, 5.74) is 5.71. The fourth-order valence-corrected chi connectivity index (χ4v) is 4.51. The number of amides is 1. The summed E-state index contributed by atoms with van der Waals surface area (Å²) in [7, 11) is 0. The predicted molar refractivity (Wildman–Crippen MR) is 135 cm³/mol. The molecule has 0 unspecified atom stereocenters. The molecule has 33 heavy (non-hydrogen) atoms. The standard InChI is InChI=1S/C29H28N2O2/c1-20(2)21-10-12-25(13-11-21)30-29(32)33-26-14-15-28-23(18-26)16-17-31(28)19-24-8-5-7-22-6-3-4-9-27(22)24/h3-15,18,20H,16-17,19H2,1-2H3,(H,30,32). The number of rotatable bonds is 5. The van der Waals surface area contributed by atoms with E-state index in [0.29, 0.717) is 11.7 Å². The molecule has 166 valence electrons. The van der Waals surface area contributed by atoms with Crippen molar-refractivity contribution in [2.75, 3.05) is 16.8 Å².